The first kappa shape index (κ1) is 22.2. The van der Waals surface area contributed by atoms with Gasteiger partial charge in [0.25, 0.3) is 0 Å². The van der Waals surface area contributed by atoms with Gasteiger partial charge in [0.15, 0.2) is 0 Å². The maximum absolute atomic E-state index is 5.53. The molecule has 0 spiro atoms. The highest BCUT2D eigenvalue weighted by molar-refractivity contribution is 7.19. The summed E-state index contributed by atoms with van der Waals surface area (Å²) in [5, 5.41) is 4.97. The fraction of sp³-hybridized carbons (Fsp3) is 0.577. The summed E-state index contributed by atoms with van der Waals surface area (Å²) in [6.45, 7) is 9.58. The van der Waals surface area contributed by atoms with Crippen molar-refractivity contribution in [1.82, 2.24) is 19.9 Å². The summed E-state index contributed by atoms with van der Waals surface area (Å²) in [4.78, 5) is 22.2. The zero-order valence-electron chi connectivity index (χ0n) is 20.1. The van der Waals surface area contributed by atoms with Crippen molar-refractivity contribution < 1.29 is 4.74 Å². The van der Waals surface area contributed by atoms with E-state index in [1.54, 1.807) is 0 Å². The van der Waals surface area contributed by atoms with Crippen LogP contribution in [-0.4, -0.2) is 59.2 Å². The Balaban J connectivity index is 1.30. The monoisotopic (exact) mass is 478 g/mol. The molecule has 1 N–H and O–H groups in total. The van der Waals surface area contributed by atoms with Crippen LogP contribution in [0.15, 0.2) is 18.3 Å². The topological polar surface area (TPSA) is 66.4 Å². The minimum Gasteiger partial charge on any atom is -0.379 e. The first-order valence-electron chi connectivity index (χ1n) is 12.8. The first-order valence-corrected chi connectivity index (χ1v) is 13.6. The Labute approximate surface area is 205 Å². The molecule has 2 aliphatic heterocycles. The molecule has 8 heteroatoms. The van der Waals surface area contributed by atoms with Crippen LogP contribution >= 0.6 is 11.3 Å². The lowest BCUT2D eigenvalue weighted by Crippen LogP contribution is -2.36. The number of morpholine rings is 1. The lowest BCUT2D eigenvalue weighted by molar-refractivity contribution is 0.0331. The Morgan fingerprint density at radius 3 is 2.85 bits per heavy atom. The third-order valence-corrected chi connectivity index (χ3v) is 8.52. The highest BCUT2D eigenvalue weighted by atomic mass is 32.1. The van der Waals surface area contributed by atoms with Crippen LogP contribution < -0.4 is 10.2 Å². The number of pyridine rings is 1. The number of aromatic nitrogens is 3. The van der Waals surface area contributed by atoms with Gasteiger partial charge in [-0.25, -0.2) is 15.0 Å². The number of nitrogens with zero attached hydrogens (tertiary/aromatic N) is 5. The smallest absolute Gasteiger partial charge is 0.146 e. The molecule has 3 aromatic rings. The average molecular weight is 479 g/mol. The van der Waals surface area contributed by atoms with Gasteiger partial charge in [-0.15, -0.1) is 11.3 Å². The van der Waals surface area contributed by atoms with E-state index in [2.05, 4.69) is 39.2 Å². The standard InChI is InChI=1S/C26H34N6OS/c1-18-4-5-20-21(14-18)34-26-24(20)25(29-22(30-26)17-31-10-12-33-13-11-31)28-16-19-6-7-27-23(15-19)32-8-2-3-9-32/h6-7,15,18H,2-5,8-14,16-17H2,1H3,(H,28,29,30). The summed E-state index contributed by atoms with van der Waals surface area (Å²) in [5.74, 6) is 3.76. The largest absolute Gasteiger partial charge is 0.379 e. The molecule has 1 aliphatic carbocycles. The van der Waals surface area contributed by atoms with Crippen LogP contribution in [0.25, 0.3) is 10.2 Å². The summed E-state index contributed by atoms with van der Waals surface area (Å²) in [6.07, 6.45) is 8.01. The predicted molar refractivity (Wildman–Crippen MR) is 138 cm³/mol. The number of ether oxygens (including phenoxy) is 1. The second-order valence-electron chi connectivity index (χ2n) is 9.98. The number of hydrogen-bond acceptors (Lipinski definition) is 8. The van der Waals surface area contributed by atoms with Crippen LogP contribution in [0.4, 0.5) is 11.6 Å². The Morgan fingerprint density at radius 2 is 2.00 bits per heavy atom. The molecular weight excluding hydrogens is 444 g/mol. The molecule has 0 radical (unpaired) electrons. The Bertz CT molecular complexity index is 1150. The Kier molecular flexibility index (Phi) is 6.37. The van der Waals surface area contributed by atoms with Gasteiger partial charge in [-0.05, 0) is 61.3 Å². The van der Waals surface area contributed by atoms with E-state index in [1.165, 1.54) is 40.7 Å². The number of fused-ring (bicyclic) bond motifs is 3. The molecule has 3 aliphatic rings. The van der Waals surface area contributed by atoms with Crippen molar-refractivity contribution in [2.45, 2.75) is 52.1 Å². The molecule has 6 rings (SSSR count). The predicted octanol–water partition coefficient (Wildman–Crippen LogP) is 4.26. The van der Waals surface area contributed by atoms with E-state index in [0.717, 1.165) is 93.5 Å². The normalized spacial score (nSPS) is 21.2. The highest BCUT2D eigenvalue weighted by Crippen LogP contribution is 2.40. The van der Waals surface area contributed by atoms with E-state index in [4.69, 9.17) is 14.7 Å². The molecule has 5 heterocycles. The second kappa shape index (κ2) is 9.76. The Morgan fingerprint density at radius 1 is 1.15 bits per heavy atom. The Hall–Kier alpha value is -2.29. The number of thiophene rings is 1. The quantitative estimate of drug-likeness (QED) is 0.568. The van der Waals surface area contributed by atoms with Crippen molar-refractivity contribution in [1.29, 1.82) is 0 Å². The molecule has 0 amide bonds. The molecule has 2 saturated heterocycles. The van der Waals surface area contributed by atoms with Gasteiger partial charge in [0, 0.05) is 43.8 Å². The number of anilines is 2. The maximum atomic E-state index is 5.53. The molecule has 7 nitrogen and oxygen atoms in total. The summed E-state index contributed by atoms with van der Waals surface area (Å²) in [7, 11) is 0. The molecular formula is C26H34N6OS. The lowest BCUT2D eigenvalue weighted by Gasteiger charge is -2.26. The molecule has 0 aromatic carbocycles. The van der Waals surface area contributed by atoms with E-state index >= 15 is 0 Å². The molecule has 0 saturated carbocycles. The third-order valence-electron chi connectivity index (χ3n) is 7.37. The van der Waals surface area contributed by atoms with Gasteiger partial charge in [-0.1, -0.05) is 6.92 Å². The highest BCUT2D eigenvalue weighted by Gasteiger charge is 2.25. The van der Waals surface area contributed by atoms with Crippen LogP contribution in [0.1, 0.15) is 48.0 Å². The third kappa shape index (κ3) is 4.63. The van der Waals surface area contributed by atoms with Crippen LogP contribution in [0.5, 0.6) is 0 Å². The van der Waals surface area contributed by atoms with E-state index in [-0.39, 0.29) is 0 Å². The molecule has 1 atom stereocenters. The second-order valence-corrected chi connectivity index (χ2v) is 11.1. The number of nitrogens with one attached hydrogen (secondary N) is 1. The maximum Gasteiger partial charge on any atom is 0.146 e. The van der Waals surface area contributed by atoms with Crippen molar-refractivity contribution in [3.63, 3.8) is 0 Å². The van der Waals surface area contributed by atoms with Crippen LogP contribution in [-0.2, 0) is 30.7 Å². The lowest BCUT2D eigenvalue weighted by atomic mass is 9.89. The van der Waals surface area contributed by atoms with Crippen molar-refractivity contribution in [3.05, 3.63) is 40.2 Å². The van der Waals surface area contributed by atoms with Gasteiger partial charge < -0.3 is 15.0 Å². The van der Waals surface area contributed by atoms with Crippen molar-refractivity contribution in [3.8, 4) is 0 Å². The van der Waals surface area contributed by atoms with Crippen LogP contribution in [0, 0.1) is 5.92 Å². The number of aryl methyl sites for hydroxylation is 1. The summed E-state index contributed by atoms with van der Waals surface area (Å²) in [5.41, 5.74) is 2.72. The van der Waals surface area contributed by atoms with Crippen molar-refractivity contribution >= 4 is 33.2 Å². The van der Waals surface area contributed by atoms with Gasteiger partial charge >= 0.3 is 0 Å². The van der Waals surface area contributed by atoms with Crippen molar-refractivity contribution in [2.75, 3.05) is 49.6 Å². The zero-order valence-corrected chi connectivity index (χ0v) is 20.9. The number of rotatable bonds is 6. The van der Waals surface area contributed by atoms with Gasteiger partial charge in [0.2, 0.25) is 0 Å². The van der Waals surface area contributed by atoms with Gasteiger partial charge in [0.1, 0.15) is 22.3 Å². The molecule has 34 heavy (non-hydrogen) atoms. The van der Waals surface area contributed by atoms with E-state index < -0.39 is 0 Å². The molecule has 1 unspecified atom stereocenters. The summed E-state index contributed by atoms with van der Waals surface area (Å²) >= 11 is 1.88. The van der Waals surface area contributed by atoms with Crippen LogP contribution in [0.3, 0.4) is 0 Å². The summed E-state index contributed by atoms with van der Waals surface area (Å²) < 4.78 is 5.53. The van der Waals surface area contributed by atoms with Crippen LogP contribution in [0.2, 0.25) is 0 Å². The first-order chi connectivity index (χ1) is 16.7. The summed E-state index contributed by atoms with van der Waals surface area (Å²) in [6, 6.07) is 4.35. The van der Waals surface area contributed by atoms with Gasteiger partial charge in [-0.3, -0.25) is 4.90 Å². The minimum absolute atomic E-state index is 0.744. The van der Waals surface area contributed by atoms with Gasteiger partial charge in [0.05, 0.1) is 25.1 Å². The van der Waals surface area contributed by atoms with E-state index in [1.807, 2.05) is 17.5 Å². The SMILES string of the molecule is CC1CCc2c(sc3nc(CN4CCOCC4)nc(NCc4ccnc(N5CCCC5)c4)c23)C1. The fourth-order valence-electron chi connectivity index (χ4n) is 5.42. The zero-order chi connectivity index (χ0) is 22.9. The molecule has 3 aromatic heterocycles. The molecule has 2 fully saturated rings. The minimum atomic E-state index is 0.744. The molecule has 0 bridgehead atoms. The van der Waals surface area contributed by atoms with Gasteiger partial charge in [-0.2, -0.15) is 0 Å². The van der Waals surface area contributed by atoms with Crippen molar-refractivity contribution in [2.24, 2.45) is 5.92 Å². The molecule has 180 valence electrons. The fourth-order valence-corrected chi connectivity index (χ4v) is 6.82. The van der Waals surface area contributed by atoms with E-state index in [0.29, 0.717) is 0 Å². The van der Waals surface area contributed by atoms with E-state index in [9.17, 15) is 0 Å². The average Bonchev–Trinajstić information content (AvgIpc) is 3.51. The number of hydrogen-bond donors (Lipinski definition) is 1.